The second kappa shape index (κ2) is 5.23. The Balaban J connectivity index is 1.86. The molecule has 1 aliphatic rings. The zero-order valence-electron chi connectivity index (χ0n) is 9.15. The van der Waals surface area contributed by atoms with Crippen LogP contribution >= 0.6 is 0 Å². The van der Waals surface area contributed by atoms with Crippen LogP contribution in [0.5, 0.6) is 0 Å². The van der Waals surface area contributed by atoms with Crippen molar-refractivity contribution in [2.24, 2.45) is 0 Å². The molecular formula is C10H18N4O. The third-order valence-corrected chi connectivity index (χ3v) is 2.57. The molecule has 0 amide bonds. The number of nitrogens with one attached hydrogen (secondary N) is 1. The number of hydrogen-bond acceptors (Lipinski definition) is 4. The lowest BCUT2D eigenvalue weighted by Crippen LogP contribution is -2.14. The summed E-state index contributed by atoms with van der Waals surface area (Å²) in [6, 6.07) is 0.387. The third kappa shape index (κ3) is 2.76. The first-order valence-electron chi connectivity index (χ1n) is 5.59. The maximum Gasteiger partial charge on any atom is 0.0964 e. The van der Waals surface area contributed by atoms with Crippen LogP contribution < -0.4 is 5.32 Å². The van der Waals surface area contributed by atoms with Crippen LogP contribution in [-0.2, 0) is 11.3 Å². The summed E-state index contributed by atoms with van der Waals surface area (Å²) in [6.45, 7) is 5.60. The lowest BCUT2D eigenvalue weighted by atomic mass is 10.3. The van der Waals surface area contributed by atoms with E-state index in [4.69, 9.17) is 4.74 Å². The predicted octanol–water partition coefficient (Wildman–Crippen LogP) is 0.739. The Morgan fingerprint density at radius 1 is 1.67 bits per heavy atom. The molecule has 1 saturated heterocycles. The van der Waals surface area contributed by atoms with Crippen LogP contribution in [0.3, 0.4) is 0 Å². The van der Waals surface area contributed by atoms with Crippen molar-refractivity contribution in [2.75, 3.05) is 19.8 Å². The summed E-state index contributed by atoms with van der Waals surface area (Å²) in [7, 11) is 0. The molecule has 0 aromatic carbocycles. The highest BCUT2D eigenvalue weighted by Crippen LogP contribution is 2.17. The molecule has 0 bridgehead atoms. The number of rotatable bonds is 5. The fraction of sp³-hybridized carbons (Fsp3) is 0.800. The average molecular weight is 210 g/mol. The standard InChI is InChI=1S/C10H18N4O/c1-2-4-11-6-9-7-14(13-12-9)10-3-5-15-8-10/h7,10-11H,2-6,8H2,1H3. The van der Waals surface area contributed by atoms with Gasteiger partial charge in [0.2, 0.25) is 0 Å². The summed E-state index contributed by atoms with van der Waals surface area (Å²) in [5.74, 6) is 0. The highest BCUT2D eigenvalue weighted by Gasteiger charge is 2.18. The quantitative estimate of drug-likeness (QED) is 0.728. The topological polar surface area (TPSA) is 52.0 Å². The van der Waals surface area contributed by atoms with Crippen LogP contribution in [-0.4, -0.2) is 34.8 Å². The second-order valence-corrected chi connectivity index (χ2v) is 3.88. The maximum atomic E-state index is 5.32. The Kier molecular flexibility index (Phi) is 3.69. The van der Waals surface area contributed by atoms with Crippen molar-refractivity contribution < 1.29 is 4.74 Å². The lowest BCUT2D eigenvalue weighted by molar-refractivity contribution is 0.184. The number of nitrogens with zero attached hydrogens (tertiary/aromatic N) is 3. The monoisotopic (exact) mass is 210 g/mol. The molecule has 1 N–H and O–H groups in total. The van der Waals surface area contributed by atoms with E-state index in [0.29, 0.717) is 6.04 Å². The van der Waals surface area contributed by atoms with Gasteiger partial charge in [0.15, 0.2) is 0 Å². The average Bonchev–Trinajstić information content (AvgIpc) is 2.87. The van der Waals surface area contributed by atoms with E-state index < -0.39 is 0 Å². The van der Waals surface area contributed by atoms with E-state index in [2.05, 4.69) is 22.6 Å². The summed E-state index contributed by atoms with van der Waals surface area (Å²) >= 11 is 0. The van der Waals surface area contributed by atoms with Crippen LogP contribution in [0, 0.1) is 0 Å². The van der Waals surface area contributed by atoms with Gasteiger partial charge in [-0.05, 0) is 19.4 Å². The van der Waals surface area contributed by atoms with Gasteiger partial charge in [0.25, 0.3) is 0 Å². The van der Waals surface area contributed by atoms with Crippen molar-refractivity contribution in [1.29, 1.82) is 0 Å². The Hall–Kier alpha value is -0.940. The Bertz CT molecular complexity index is 293. The van der Waals surface area contributed by atoms with Crippen molar-refractivity contribution in [3.8, 4) is 0 Å². The van der Waals surface area contributed by atoms with E-state index in [1.807, 2.05) is 10.9 Å². The van der Waals surface area contributed by atoms with Gasteiger partial charge in [-0.25, -0.2) is 4.68 Å². The van der Waals surface area contributed by atoms with Gasteiger partial charge in [-0.15, -0.1) is 5.10 Å². The van der Waals surface area contributed by atoms with Crippen molar-refractivity contribution >= 4 is 0 Å². The molecule has 2 rings (SSSR count). The highest BCUT2D eigenvalue weighted by molar-refractivity contribution is 4.93. The van der Waals surface area contributed by atoms with Crippen LogP contribution in [0.1, 0.15) is 31.5 Å². The van der Waals surface area contributed by atoms with Gasteiger partial charge < -0.3 is 10.1 Å². The first-order valence-corrected chi connectivity index (χ1v) is 5.59. The van der Waals surface area contributed by atoms with E-state index in [1.54, 1.807) is 0 Å². The SMILES string of the molecule is CCCNCc1cn(C2CCOC2)nn1. The molecule has 15 heavy (non-hydrogen) atoms. The molecule has 1 unspecified atom stereocenters. The van der Waals surface area contributed by atoms with Crippen molar-refractivity contribution in [3.05, 3.63) is 11.9 Å². The normalized spacial score (nSPS) is 21.0. The third-order valence-electron chi connectivity index (χ3n) is 2.57. The van der Waals surface area contributed by atoms with Crippen LogP contribution in [0.4, 0.5) is 0 Å². The summed E-state index contributed by atoms with van der Waals surface area (Å²) in [5.41, 5.74) is 1.01. The largest absolute Gasteiger partial charge is 0.379 e. The van der Waals surface area contributed by atoms with Gasteiger partial charge in [0.1, 0.15) is 0 Å². The van der Waals surface area contributed by atoms with Gasteiger partial charge in [0.05, 0.1) is 24.5 Å². The molecule has 5 heteroatoms. The van der Waals surface area contributed by atoms with Gasteiger partial charge in [-0.2, -0.15) is 0 Å². The first kappa shape index (κ1) is 10.6. The molecule has 0 radical (unpaired) electrons. The van der Waals surface area contributed by atoms with E-state index in [1.165, 1.54) is 0 Å². The minimum atomic E-state index is 0.387. The molecule has 1 aromatic heterocycles. The fourth-order valence-corrected chi connectivity index (χ4v) is 1.70. The molecule has 2 heterocycles. The van der Waals surface area contributed by atoms with Crippen molar-refractivity contribution in [2.45, 2.75) is 32.4 Å². The number of aromatic nitrogens is 3. The Morgan fingerprint density at radius 2 is 2.60 bits per heavy atom. The molecular weight excluding hydrogens is 192 g/mol. The second-order valence-electron chi connectivity index (χ2n) is 3.88. The van der Waals surface area contributed by atoms with Crippen LogP contribution in [0.15, 0.2) is 6.20 Å². The summed E-state index contributed by atoms with van der Waals surface area (Å²) in [4.78, 5) is 0. The molecule has 0 saturated carbocycles. The molecule has 1 fully saturated rings. The van der Waals surface area contributed by atoms with Crippen molar-refractivity contribution in [3.63, 3.8) is 0 Å². The summed E-state index contributed by atoms with van der Waals surface area (Å²) in [6.07, 6.45) is 4.21. The molecule has 0 aliphatic carbocycles. The summed E-state index contributed by atoms with van der Waals surface area (Å²) < 4.78 is 7.24. The van der Waals surface area contributed by atoms with Gasteiger partial charge in [-0.1, -0.05) is 12.1 Å². The van der Waals surface area contributed by atoms with Crippen LogP contribution in [0.25, 0.3) is 0 Å². The minimum Gasteiger partial charge on any atom is -0.379 e. The van der Waals surface area contributed by atoms with Gasteiger partial charge in [0, 0.05) is 13.2 Å². The molecule has 0 spiro atoms. The minimum absolute atomic E-state index is 0.387. The smallest absolute Gasteiger partial charge is 0.0964 e. The predicted molar refractivity (Wildman–Crippen MR) is 56.5 cm³/mol. The van der Waals surface area contributed by atoms with Gasteiger partial charge in [-0.3, -0.25) is 0 Å². The summed E-state index contributed by atoms with van der Waals surface area (Å²) in [5, 5.41) is 11.6. The zero-order valence-corrected chi connectivity index (χ0v) is 9.15. The molecule has 84 valence electrons. The van der Waals surface area contributed by atoms with Crippen LogP contribution in [0.2, 0.25) is 0 Å². The maximum absolute atomic E-state index is 5.32. The van der Waals surface area contributed by atoms with Gasteiger partial charge >= 0.3 is 0 Å². The highest BCUT2D eigenvalue weighted by atomic mass is 16.5. The van der Waals surface area contributed by atoms with E-state index in [9.17, 15) is 0 Å². The molecule has 1 aromatic rings. The van der Waals surface area contributed by atoms with Crippen molar-refractivity contribution in [1.82, 2.24) is 20.3 Å². The number of ether oxygens (including phenoxy) is 1. The molecule has 1 atom stereocenters. The fourth-order valence-electron chi connectivity index (χ4n) is 1.70. The Morgan fingerprint density at radius 3 is 3.33 bits per heavy atom. The van der Waals surface area contributed by atoms with E-state index in [-0.39, 0.29) is 0 Å². The van der Waals surface area contributed by atoms with E-state index in [0.717, 1.165) is 44.8 Å². The Labute approximate surface area is 89.8 Å². The molecule has 1 aliphatic heterocycles. The first-order chi connectivity index (χ1) is 7.40. The zero-order chi connectivity index (χ0) is 10.5. The lowest BCUT2D eigenvalue weighted by Gasteiger charge is -2.05. The number of hydrogen-bond donors (Lipinski definition) is 1. The molecule has 5 nitrogen and oxygen atoms in total. The van der Waals surface area contributed by atoms with E-state index >= 15 is 0 Å².